The second-order valence-corrected chi connectivity index (χ2v) is 12.1. The Labute approximate surface area is 251 Å². The molecule has 2 aliphatic carbocycles. The molecule has 8 heteroatoms. The van der Waals surface area contributed by atoms with Crippen LogP contribution < -0.4 is 10.6 Å². The van der Waals surface area contributed by atoms with Crippen LogP contribution in [0, 0.1) is 6.92 Å². The quantitative estimate of drug-likeness (QED) is 0.181. The number of anilines is 3. The fourth-order valence-electron chi connectivity index (χ4n) is 6.14. The predicted octanol–water partition coefficient (Wildman–Crippen LogP) is 7.25. The number of benzene rings is 3. The van der Waals surface area contributed by atoms with E-state index in [0.717, 1.165) is 63.8 Å². The van der Waals surface area contributed by atoms with E-state index in [1.807, 2.05) is 61.3 Å². The summed E-state index contributed by atoms with van der Waals surface area (Å²) in [6.45, 7) is 3.99. The second-order valence-electron chi connectivity index (χ2n) is 12.1. The molecule has 0 spiro atoms. The molecule has 3 unspecified atom stereocenters. The summed E-state index contributed by atoms with van der Waals surface area (Å²) in [5.41, 5.74) is 8.16. The fourth-order valence-corrected chi connectivity index (χ4v) is 6.14. The van der Waals surface area contributed by atoms with Crippen molar-refractivity contribution >= 4 is 34.1 Å². The number of aromatic nitrogens is 4. The van der Waals surface area contributed by atoms with Crippen LogP contribution in [0.2, 0.25) is 0 Å². The van der Waals surface area contributed by atoms with Crippen molar-refractivity contribution in [1.82, 2.24) is 19.7 Å². The summed E-state index contributed by atoms with van der Waals surface area (Å²) in [7, 11) is 0. The molecule has 5 aromatic rings. The number of aryl methyl sites for hydroxylation is 1. The highest BCUT2D eigenvalue weighted by Crippen LogP contribution is 2.45. The molecule has 43 heavy (non-hydrogen) atoms. The molecule has 2 aromatic heterocycles. The van der Waals surface area contributed by atoms with Gasteiger partial charge in [-0.1, -0.05) is 42.0 Å². The first-order chi connectivity index (χ1) is 20.9. The number of fused-ring (bicyclic) bond motifs is 1. The average molecular weight is 573 g/mol. The smallest absolute Gasteiger partial charge is 0.231 e. The van der Waals surface area contributed by atoms with Crippen LogP contribution in [0.5, 0.6) is 0 Å². The molecule has 0 radical (unpaired) electrons. The Morgan fingerprint density at radius 2 is 1.88 bits per heavy atom. The number of rotatable bonds is 8. The maximum absolute atomic E-state index is 13.2. The maximum atomic E-state index is 13.2. The second kappa shape index (κ2) is 11.3. The van der Waals surface area contributed by atoms with E-state index in [-0.39, 0.29) is 24.0 Å². The number of nitrogens with zero attached hydrogens (tertiary/aromatic N) is 4. The number of carbonyl (C=O) groups is 1. The van der Waals surface area contributed by atoms with Gasteiger partial charge in [0.25, 0.3) is 0 Å². The zero-order chi connectivity index (χ0) is 29.5. The van der Waals surface area contributed by atoms with Crippen molar-refractivity contribution in [2.24, 2.45) is 0 Å². The van der Waals surface area contributed by atoms with Crippen LogP contribution in [-0.2, 0) is 4.79 Å². The zero-order valence-electron chi connectivity index (χ0n) is 24.5. The zero-order valence-corrected chi connectivity index (χ0v) is 24.5. The number of carbonyl (C=O) groups excluding carboxylic acids is 1. The van der Waals surface area contributed by atoms with Gasteiger partial charge in [0.1, 0.15) is 0 Å². The third-order valence-electron chi connectivity index (χ3n) is 8.77. The molecular formula is C35H36N6O2. The minimum atomic E-state index is -0.253. The molecule has 2 fully saturated rings. The number of amides is 1. The van der Waals surface area contributed by atoms with Gasteiger partial charge >= 0.3 is 0 Å². The molecule has 2 aliphatic rings. The summed E-state index contributed by atoms with van der Waals surface area (Å²) in [5, 5.41) is 21.7. The molecule has 3 aromatic carbocycles. The summed E-state index contributed by atoms with van der Waals surface area (Å²) in [4.78, 5) is 22.5. The Bertz CT molecular complexity index is 1810. The standard InChI is InChI=1S/C35H36N6O2/c1-21-4-3-5-24(14-21)22(2)34(43)38-27-9-12-31(23-6-7-23)32(16-27)25-8-13-33-26(15-25)18-36-35(40-33)39-28-19-37-41(20-28)29-10-11-30(42)17-29/h3-5,8-9,12-16,18-20,22-23,29-30,42H,6-7,10-11,17H2,1-2H3,(H,38,43)(H,36,39,40). The molecule has 218 valence electrons. The van der Waals surface area contributed by atoms with Crippen molar-refractivity contribution in [2.45, 2.75) is 69.9 Å². The predicted molar refractivity (Wildman–Crippen MR) is 170 cm³/mol. The van der Waals surface area contributed by atoms with E-state index in [9.17, 15) is 9.90 Å². The first-order valence-electron chi connectivity index (χ1n) is 15.2. The first kappa shape index (κ1) is 27.3. The SMILES string of the molecule is Cc1cccc(C(C)C(=O)Nc2ccc(C3CC3)c(-c3ccc4nc(Nc5cnn(C6CCC(O)C6)c5)ncc4c3)c2)c1. The summed E-state index contributed by atoms with van der Waals surface area (Å²) in [6, 6.07) is 20.9. The van der Waals surface area contributed by atoms with Crippen molar-refractivity contribution in [3.05, 3.63) is 95.9 Å². The highest BCUT2D eigenvalue weighted by atomic mass is 16.3. The fraction of sp³-hybridized carbons (Fsp3) is 0.314. The molecule has 2 saturated carbocycles. The minimum Gasteiger partial charge on any atom is -0.393 e. The van der Waals surface area contributed by atoms with Crippen molar-refractivity contribution in [3.63, 3.8) is 0 Å². The van der Waals surface area contributed by atoms with E-state index in [1.165, 1.54) is 18.4 Å². The van der Waals surface area contributed by atoms with Crippen molar-refractivity contribution < 1.29 is 9.90 Å². The lowest BCUT2D eigenvalue weighted by Crippen LogP contribution is -2.19. The van der Waals surface area contributed by atoms with Crippen LogP contribution in [0.15, 0.2) is 79.3 Å². The van der Waals surface area contributed by atoms with Gasteiger partial charge < -0.3 is 15.7 Å². The van der Waals surface area contributed by atoms with E-state index < -0.39 is 0 Å². The topological polar surface area (TPSA) is 105 Å². The lowest BCUT2D eigenvalue weighted by Gasteiger charge is -2.16. The Kier molecular flexibility index (Phi) is 7.15. The van der Waals surface area contributed by atoms with Gasteiger partial charge in [0.2, 0.25) is 11.9 Å². The Morgan fingerprint density at radius 3 is 2.67 bits per heavy atom. The molecular weight excluding hydrogens is 536 g/mol. The van der Waals surface area contributed by atoms with E-state index in [4.69, 9.17) is 4.98 Å². The Morgan fingerprint density at radius 1 is 1.00 bits per heavy atom. The number of aliphatic hydroxyl groups excluding tert-OH is 1. The average Bonchev–Trinajstić information content (AvgIpc) is 3.60. The normalized spacial score (nSPS) is 19.0. The summed E-state index contributed by atoms with van der Waals surface area (Å²) in [5.74, 6) is 0.793. The molecule has 0 bridgehead atoms. The molecule has 8 nitrogen and oxygen atoms in total. The van der Waals surface area contributed by atoms with Gasteiger partial charge in [-0.2, -0.15) is 5.10 Å². The van der Waals surface area contributed by atoms with E-state index in [2.05, 4.69) is 51.0 Å². The van der Waals surface area contributed by atoms with Crippen LogP contribution in [0.4, 0.5) is 17.3 Å². The van der Waals surface area contributed by atoms with E-state index >= 15 is 0 Å². The number of hydrogen-bond donors (Lipinski definition) is 3. The molecule has 3 atom stereocenters. The van der Waals surface area contributed by atoms with Crippen molar-refractivity contribution in [3.8, 4) is 11.1 Å². The van der Waals surface area contributed by atoms with Crippen molar-refractivity contribution in [1.29, 1.82) is 0 Å². The monoisotopic (exact) mass is 572 g/mol. The van der Waals surface area contributed by atoms with Gasteiger partial charge in [0.05, 0.1) is 35.5 Å². The Hall–Kier alpha value is -4.56. The van der Waals surface area contributed by atoms with Gasteiger partial charge in [0, 0.05) is 23.5 Å². The van der Waals surface area contributed by atoms with Gasteiger partial charge in [-0.05, 0) is 98.4 Å². The third kappa shape index (κ3) is 5.88. The molecule has 7 rings (SSSR count). The van der Waals surface area contributed by atoms with Crippen LogP contribution >= 0.6 is 0 Å². The van der Waals surface area contributed by atoms with Crippen LogP contribution in [0.25, 0.3) is 22.0 Å². The lowest BCUT2D eigenvalue weighted by molar-refractivity contribution is -0.117. The van der Waals surface area contributed by atoms with Crippen LogP contribution in [0.3, 0.4) is 0 Å². The lowest BCUT2D eigenvalue weighted by atomic mass is 9.94. The summed E-state index contributed by atoms with van der Waals surface area (Å²) in [6.07, 6.45) is 10.2. The highest BCUT2D eigenvalue weighted by molar-refractivity contribution is 5.96. The minimum absolute atomic E-state index is 0.0194. The largest absolute Gasteiger partial charge is 0.393 e. The number of aliphatic hydroxyl groups is 1. The summed E-state index contributed by atoms with van der Waals surface area (Å²) < 4.78 is 1.92. The maximum Gasteiger partial charge on any atom is 0.231 e. The van der Waals surface area contributed by atoms with Gasteiger partial charge in [-0.3, -0.25) is 9.48 Å². The van der Waals surface area contributed by atoms with Gasteiger partial charge in [-0.15, -0.1) is 0 Å². The molecule has 3 N–H and O–H groups in total. The molecule has 1 amide bonds. The van der Waals surface area contributed by atoms with Gasteiger partial charge in [-0.25, -0.2) is 9.97 Å². The van der Waals surface area contributed by atoms with Gasteiger partial charge in [0.15, 0.2) is 0 Å². The first-order valence-corrected chi connectivity index (χ1v) is 15.2. The third-order valence-corrected chi connectivity index (χ3v) is 8.77. The van der Waals surface area contributed by atoms with Crippen LogP contribution in [0.1, 0.15) is 73.6 Å². The number of nitrogens with one attached hydrogen (secondary N) is 2. The van der Waals surface area contributed by atoms with Crippen molar-refractivity contribution in [2.75, 3.05) is 10.6 Å². The van der Waals surface area contributed by atoms with E-state index in [1.54, 1.807) is 6.20 Å². The molecule has 0 saturated heterocycles. The molecule has 2 heterocycles. The summed E-state index contributed by atoms with van der Waals surface area (Å²) >= 11 is 0. The van der Waals surface area contributed by atoms with E-state index in [0.29, 0.717) is 11.9 Å². The Balaban J connectivity index is 1.11. The van der Waals surface area contributed by atoms with Crippen LogP contribution in [-0.4, -0.2) is 36.9 Å². The molecule has 0 aliphatic heterocycles. The number of hydrogen-bond acceptors (Lipinski definition) is 6. The highest BCUT2D eigenvalue weighted by Gasteiger charge is 2.27.